The molecule has 0 aliphatic carbocycles. The molecule has 0 spiro atoms. The molecule has 7 heteroatoms. The largest absolute Gasteiger partial charge is 0.278 e. The maximum Gasteiger partial charge on any atom is 0.278 e. The lowest BCUT2D eigenvalue weighted by Crippen LogP contribution is -2.36. The minimum Gasteiger partial charge on any atom is -0.241 e. The summed E-state index contributed by atoms with van der Waals surface area (Å²) < 4.78 is 26.9. The van der Waals surface area contributed by atoms with Crippen molar-refractivity contribution in [2.45, 2.75) is 13.3 Å². The number of hydrogen-bond donors (Lipinski definition) is 1. The van der Waals surface area contributed by atoms with Crippen molar-refractivity contribution in [2.75, 3.05) is 20.6 Å². The van der Waals surface area contributed by atoms with Crippen molar-refractivity contribution in [1.29, 1.82) is 0 Å². The van der Waals surface area contributed by atoms with Crippen molar-refractivity contribution in [1.82, 2.24) is 14.0 Å². The van der Waals surface area contributed by atoms with Crippen molar-refractivity contribution in [3.05, 3.63) is 40.9 Å². The summed E-state index contributed by atoms with van der Waals surface area (Å²) in [7, 11) is -0.358. The highest BCUT2D eigenvalue weighted by Crippen LogP contribution is 2.24. The fourth-order valence-electron chi connectivity index (χ4n) is 1.77. The van der Waals surface area contributed by atoms with Gasteiger partial charge in [0.2, 0.25) is 0 Å². The summed E-state index contributed by atoms with van der Waals surface area (Å²) in [5.74, 6) is 0. The van der Waals surface area contributed by atoms with Crippen LogP contribution in [0.1, 0.15) is 11.3 Å². The molecule has 21 heavy (non-hydrogen) atoms. The van der Waals surface area contributed by atoms with E-state index in [4.69, 9.17) is 0 Å². The van der Waals surface area contributed by atoms with E-state index in [0.29, 0.717) is 13.0 Å². The van der Waals surface area contributed by atoms with Crippen LogP contribution in [-0.4, -0.2) is 38.3 Å². The van der Waals surface area contributed by atoms with Crippen LogP contribution < -0.4 is 4.72 Å². The second-order valence-corrected chi connectivity index (χ2v) is 7.77. The van der Waals surface area contributed by atoms with Crippen LogP contribution in [0.3, 0.4) is 0 Å². The zero-order chi connectivity index (χ0) is 15.5. The number of nitrogens with one attached hydrogen (secondary N) is 1. The molecule has 0 aliphatic heterocycles. The molecule has 0 amide bonds. The fraction of sp³-hybridized carbons (Fsp3) is 0.357. The zero-order valence-corrected chi connectivity index (χ0v) is 14.0. The summed E-state index contributed by atoms with van der Waals surface area (Å²) in [6.45, 7) is 2.39. The number of hydrogen-bond acceptors (Lipinski definition) is 4. The lowest BCUT2D eigenvalue weighted by Gasteiger charge is -2.11. The minimum atomic E-state index is -3.36. The van der Waals surface area contributed by atoms with Gasteiger partial charge in [-0.3, -0.25) is 0 Å². The first kappa shape index (κ1) is 16.1. The zero-order valence-electron chi connectivity index (χ0n) is 12.3. The Labute approximate surface area is 129 Å². The predicted molar refractivity (Wildman–Crippen MR) is 86.6 cm³/mol. The number of aromatic nitrogens is 1. The number of rotatable bonds is 6. The number of thiazole rings is 1. The molecule has 2 rings (SSSR count). The molecule has 0 atom stereocenters. The van der Waals surface area contributed by atoms with Gasteiger partial charge in [0.05, 0.1) is 5.69 Å². The Kier molecular flexibility index (Phi) is 5.10. The molecule has 0 aliphatic rings. The normalized spacial score (nSPS) is 12.0. The van der Waals surface area contributed by atoms with Gasteiger partial charge < -0.3 is 0 Å². The predicted octanol–water partition coefficient (Wildman–Crippen LogP) is 2.06. The van der Waals surface area contributed by atoms with Gasteiger partial charge in [0.15, 0.2) is 0 Å². The van der Waals surface area contributed by atoms with Crippen LogP contribution in [0.5, 0.6) is 0 Å². The summed E-state index contributed by atoms with van der Waals surface area (Å²) in [6.07, 6.45) is 0.579. The number of nitrogens with zero attached hydrogens (tertiary/aromatic N) is 2. The molecule has 1 aromatic heterocycles. The summed E-state index contributed by atoms with van der Waals surface area (Å²) in [6, 6.07) is 8.19. The Hall–Kier alpha value is -1.28. The van der Waals surface area contributed by atoms with E-state index >= 15 is 0 Å². The highest BCUT2D eigenvalue weighted by molar-refractivity contribution is 7.87. The first-order valence-corrected chi connectivity index (χ1v) is 8.89. The maximum atomic E-state index is 11.6. The van der Waals surface area contributed by atoms with E-state index in [2.05, 4.69) is 15.8 Å². The van der Waals surface area contributed by atoms with Crippen LogP contribution in [0.2, 0.25) is 0 Å². The fourth-order valence-corrected chi connectivity index (χ4v) is 3.24. The van der Waals surface area contributed by atoms with Gasteiger partial charge in [-0.1, -0.05) is 23.8 Å². The Morgan fingerprint density at radius 3 is 2.76 bits per heavy atom. The van der Waals surface area contributed by atoms with E-state index < -0.39 is 10.2 Å². The van der Waals surface area contributed by atoms with Crippen LogP contribution in [0.4, 0.5) is 0 Å². The number of aryl methyl sites for hydroxylation is 1. The Morgan fingerprint density at radius 1 is 1.33 bits per heavy atom. The monoisotopic (exact) mass is 325 g/mol. The lowest BCUT2D eigenvalue weighted by molar-refractivity contribution is 0.506. The minimum absolute atomic E-state index is 0.345. The third-order valence-corrected chi connectivity index (χ3v) is 5.43. The van der Waals surface area contributed by atoms with Crippen molar-refractivity contribution >= 4 is 21.5 Å². The van der Waals surface area contributed by atoms with Gasteiger partial charge in [-0.15, -0.1) is 11.3 Å². The summed E-state index contributed by atoms with van der Waals surface area (Å²) in [4.78, 5) is 4.56. The highest BCUT2D eigenvalue weighted by Gasteiger charge is 2.12. The molecule has 1 heterocycles. The van der Waals surface area contributed by atoms with Crippen molar-refractivity contribution in [3.63, 3.8) is 0 Å². The first-order valence-electron chi connectivity index (χ1n) is 6.57. The molecule has 0 fully saturated rings. The van der Waals surface area contributed by atoms with Gasteiger partial charge in [-0.2, -0.15) is 12.7 Å². The van der Waals surface area contributed by atoms with Gasteiger partial charge in [0.25, 0.3) is 10.2 Å². The topological polar surface area (TPSA) is 62.3 Å². The standard InChI is InChI=1S/C14H19N3O2S2/c1-11-5-4-6-12(9-11)14-16-13(10-20-14)7-8-15-21(18,19)17(2)3/h4-6,9-10,15H,7-8H2,1-3H3. The Morgan fingerprint density at radius 2 is 2.10 bits per heavy atom. The average molecular weight is 325 g/mol. The molecule has 1 aromatic carbocycles. The van der Waals surface area contributed by atoms with Crippen LogP contribution >= 0.6 is 11.3 Å². The smallest absolute Gasteiger partial charge is 0.241 e. The molecule has 0 saturated carbocycles. The molecule has 5 nitrogen and oxygen atoms in total. The van der Waals surface area contributed by atoms with E-state index in [1.807, 2.05) is 30.5 Å². The molecule has 0 bridgehead atoms. The van der Waals surface area contributed by atoms with Gasteiger partial charge in [-0.25, -0.2) is 9.71 Å². The maximum absolute atomic E-state index is 11.6. The third kappa shape index (κ3) is 4.34. The molecule has 1 N–H and O–H groups in total. The van der Waals surface area contributed by atoms with E-state index in [0.717, 1.165) is 20.6 Å². The van der Waals surface area contributed by atoms with Crippen molar-refractivity contribution in [2.24, 2.45) is 0 Å². The van der Waals surface area contributed by atoms with Crippen LogP contribution in [-0.2, 0) is 16.6 Å². The van der Waals surface area contributed by atoms with Gasteiger partial charge in [0.1, 0.15) is 5.01 Å². The van der Waals surface area contributed by atoms with E-state index in [1.165, 1.54) is 19.7 Å². The second-order valence-electron chi connectivity index (χ2n) is 4.95. The molecule has 0 radical (unpaired) electrons. The SMILES string of the molecule is Cc1cccc(-c2nc(CCNS(=O)(=O)N(C)C)cs2)c1. The number of benzene rings is 1. The Bertz CT molecular complexity index is 709. The Balaban J connectivity index is 1.98. The van der Waals surface area contributed by atoms with Crippen LogP contribution in [0, 0.1) is 6.92 Å². The summed E-state index contributed by atoms with van der Waals surface area (Å²) in [5, 5.41) is 2.94. The molecule has 2 aromatic rings. The van der Waals surface area contributed by atoms with E-state index in [1.54, 1.807) is 11.3 Å². The summed E-state index contributed by atoms with van der Waals surface area (Å²) >= 11 is 1.58. The van der Waals surface area contributed by atoms with Crippen LogP contribution in [0.15, 0.2) is 29.6 Å². The quantitative estimate of drug-likeness (QED) is 0.884. The van der Waals surface area contributed by atoms with Gasteiger partial charge >= 0.3 is 0 Å². The molecule has 114 valence electrons. The van der Waals surface area contributed by atoms with Crippen molar-refractivity contribution < 1.29 is 8.42 Å². The summed E-state index contributed by atoms with van der Waals surface area (Å²) in [5.41, 5.74) is 3.20. The van der Waals surface area contributed by atoms with Gasteiger partial charge in [-0.05, 0) is 13.0 Å². The average Bonchev–Trinajstić information content (AvgIpc) is 2.87. The third-order valence-electron chi connectivity index (χ3n) is 2.96. The molecular weight excluding hydrogens is 306 g/mol. The van der Waals surface area contributed by atoms with E-state index in [-0.39, 0.29) is 0 Å². The van der Waals surface area contributed by atoms with Crippen LogP contribution in [0.25, 0.3) is 10.6 Å². The second kappa shape index (κ2) is 6.65. The molecule has 0 unspecified atom stereocenters. The lowest BCUT2D eigenvalue weighted by atomic mass is 10.1. The molecular formula is C14H19N3O2S2. The van der Waals surface area contributed by atoms with Gasteiger partial charge in [0, 0.05) is 38.0 Å². The molecule has 0 saturated heterocycles. The van der Waals surface area contributed by atoms with E-state index in [9.17, 15) is 8.42 Å². The highest BCUT2D eigenvalue weighted by atomic mass is 32.2. The van der Waals surface area contributed by atoms with Crippen molar-refractivity contribution in [3.8, 4) is 10.6 Å². The first-order chi connectivity index (χ1) is 9.88.